The van der Waals surface area contributed by atoms with Crippen molar-refractivity contribution in [3.8, 4) is 11.1 Å². The van der Waals surface area contributed by atoms with E-state index in [0.717, 1.165) is 30.0 Å². The monoisotopic (exact) mass is 406 g/mol. The fraction of sp³-hybridized carbons (Fsp3) is 0.217. The Kier molecular flexibility index (Phi) is 4.98. The van der Waals surface area contributed by atoms with Crippen LogP contribution in [-0.4, -0.2) is 37.6 Å². The molecule has 1 unspecified atom stereocenters. The number of nitrogens with one attached hydrogen (secondary N) is 1. The topological polar surface area (TPSA) is 49.8 Å². The first-order chi connectivity index (χ1) is 14.7. The van der Waals surface area contributed by atoms with Gasteiger partial charge in [0.05, 0.1) is 35.4 Å². The number of nitrogens with zero attached hydrogens (tertiary/aromatic N) is 3. The van der Waals surface area contributed by atoms with E-state index in [1.54, 1.807) is 24.5 Å². The van der Waals surface area contributed by atoms with Crippen LogP contribution in [0.3, 0.4) is 0 Å². The normalized spacial score (nSPS) is 18.3. The van der Waals surface area contributed by atoms with Gasteiger partial charge in [-0.25, -0.2) is 8.78 Å². The molecule has 1 N–H and O–H groups in total. The minimum absolute atomic E-state index is 0.0408. The second kappa shape index (κ2) is 7.93. The third kappa shape index (κ3) is 3.36. The third-order valence-electron chi connectivity index (χ3n) is 5.36. The molecule has 1 saturated heterocycles. The average molecular weight is 406 g/mol. The van der Waals surface area contributed by atoms with Gasteiger partial charge in [-0.3, -0.25) is 9.98 Å². The van der Waals surface area contributed by atoms with Crippen molar-refractivity contribution in [2.75, 3.05) is 31.3 Å². The molecular weight excluding hydrogens is 386 g/mol. The van der Waals surface area contributed by atoms with Gasteiger partial charge in [0.1, 0.15) is 24.4 Å². The molecule has 30 heavy (non-hydrogen) atoms. The lowest BCUT2D eigenvalue weighted by Gasteiger charge is -2.30. The molecule has 5 nitrogen and oxygen atoms in total. The van der Waals surface area contributed by atoms with Crippen LogP contribution < -0.4 is 10.2 Å². The summed E-state index contributed by atoms with van der Waals surface area (Å²) in [5.41, 5.74) is 3.59. The Labute approximate surface area is 173 Å². The lowest BCUT2D eigenvalue weighted by Crippen LogP contribution is -2.33. The fourth-order valence-electron chi connectivity index (χ4n) is 3.93. The SMILES string of the molecule is Fc1cccc(F)c1-c1cccc2c1N(c1ccc(C3CNCCO3)nc1)CN=C2. The minimum Gasteiger partial charge on any atom is -0.369 e. The summed E-state index contributed by atoms with van der Waals surface area (Å²) < 4.78 is 34.9. The third-order valence-corrected chi connectivity index (χ3v) is 5.36. The number of ether oxygens (including phenoxy) is 1. The Morgan fingerprint density at radius 1 is 1.03 bits per heavy atom. The predicted octanol–water partition coefficient (Wildman–Crippen LogP) is 4.22. The molecule has 1 fully saturated rings. The lowest BCUT2D eigenvalue weighted by molar-refractivity contribution is 0.0250. The van der Waals surface area contributed by atoms with E-state index < -0.39 is 11.6 Å². The first-order valence-electron chi connectivity index (χ1n) is 9.85. The van der Waals surface area contributed by atoms with E-state index in [2.05, 4.69) is 15.3 Å². The van der Waals surface area contributed by atoms with Gasteiger partial charge in [0.25, 0.3) is 0 Å². The summed E-state index contributed by atoms with van der Waals surface area (Å²) in [4.78, 5) is 10.9. The van der Waals surface area contributed by atoms with Crippen LogP contribution in [0, 0.1) is 11.6 Å². The van der Waals surface area contributed by atoms with Crippen molar-refractivity contribution >= 4 is 17.6 Å². The number of hydrogen-bond acceptors (Lipinski definition) is 5. The highest BCUT2D eigenvalue weighted by Crippen LogP contribution is 2.40. The Morgan fingerprint density at radius 2 is 1.87 bits per heavy atom. The van der Waals surface area contributed by atoms with Gasteiger partial charge in [0, 0.05) is 30.4 Å². The number of pyridine rings is 1. The Balaban J connectivity index is 1.56. The molecule has 0 saturated carbocycles. The number of hydrogen-bond donors (Lipinski definition) is 1. The molecule has 0 bridgehead atoms. The van der Waals surface area contributed by atoms with Crippen LogP contribution in [0.4, 0.5) is 20.2 Å². The smallest absolute Gasteiger partial charge is 0.134 e. The average Bonchev–Trinajstić information content (AvgIpc) is 2.79. The standard InChI is InChI=1S/C23H20F2N4O/c24-18-5-2-6-19(25)22(18)17-4-1-3-15-11-27-14-29(23(15)17)16-7-8-20(28-12-16)21-13-26-9-10-30-21/h1-8,11-12,21,26H,9-10,13-14H2. The molecule has 0 aliphatic carbocycles. The molecule has 0 radical (unpaired) electrons. The summed E-state index contributed by atoms with van der Waals surface area (Å²) in [5.74, 6) is -1.19. The molecule has 0 amide bonds. The van der Waals surface area contributed by atoms with Gasteiger partial charge >= 0.3 is 0 Å². The molecule has 5 rings (SSSR count). The van der Waals surface area contributed by atoms with Gasteiger partial charge in [-0.15, -0.1) is 0 Å². The number of halogens is 2. The van der Waals surface area contributed by atoms with E-state index in [0.29, 0.717) is 24.5 Å². The van der Waals surface area contributed by atoms with Crippen LogP contribution in [0.25, 0.3) is 11.1 Å². The van der Waals surface area contributed by atoms with E-state index >= 15 is 0 Å². The van der Waals surface area contributed by atoms with Crippen molar-refractivity contribution in [1.82, 2.24) is 10.3 Å². The van der Waals surface area contributed by atoms with Gasteiger partial charge in [0.2, 0.25) is 0 Å². The molecule has 1 atom stereocenters. The Morgan fingerprint density at radius 3 is 2.60 bits per heavy atom. The lowest BCUT2D eigenvalue weighted by atomic mass is 9.97. The zero-order chi connectivity index (χ0) is 20.5. The molecule has 7 heteroatoms. The zero-order valence-corrected chi connectivity index (χ0v) is 16.2. The largest absolute Gasteiger partial charge is 0.369 e. The number of fused-ring (bicyclic) bond motifs is 1. The summed E-state index contributed by atoms with van der Waals surface area (Å²) in [6, 6.07) is 13.2. The Hall–Kier alpha value is -3.16. The van der Waals surface area contributed by atoms with E-state index in [1.165, 1.54) is 18.2 Å². The number of para-hydroxylation sites is 1. The second-order valence-corrected chi connectivity index (χ2v) is 7.23. The van der Waals surface area contributed by atoms with Crippen molar-refractivity contribution in [3.63, 3.8) is 0 Å². The number of benzene rings is 2. The van der Waals surface area contributed by atoms with E-state index in [9.17, 15) is 8.78 Å². The molecule has 2 aromatic carbocycles. The highest BCUT2D eigenvalue weighted by molar-refractivity contribution is 5.98. The van der Waals surface area contributed by atoms with Crippen LogP contribution in [0.2, 0.25) is 0 Å². The maximum atomic E-state index is 14.6. The highest BCUT2D eigenvalue weighted by Gasteiger charge is 2.24. The highest BCUT2D eigenvalue weighted by atomic mass is 19.1. The minimum atomic E-state index is -0.596. The molecule has 3 aromatic rings. The number of aromatic nitrogens is 1. The van der Waals surface area contributed by atoms with Crippen LogP contribution in [0.15, 0.2) is 59.7 Å². The summed E-state index contributed by atoms with van der Waals surface area (Å²) in [7, 11) is 0. The first-order valence-corrected chi connectivity index (χ1v) is 9.85. The van der Waals surface area contributed by atoms with Gasteiger partial charge in [-0.05, 0) is 24.3 Å². The van der Waals surface area contributed by atoms with Crippen molar-refractivity contribution in [3.05, 3.63) is 77.6 Å². The predicted molar refractivity (Wildman–Crippen MR) is 112 cm³/mol. The maximum Gasteiger partial charge on any atom is 0.134 e. The molecule has 152 valence electrons. The van der Waals surface area contributed by atoms with E-state index in [1.807, 2.05) is 23.1 Å². The first kappa shape index (κ1) is 18.8. The van der Waals surface area contributed by atoms with Crippen LogP contribution >= 0.6 is 0 Å². The van der Waals surface area contributed by atoms with Crippen LogP contribution in [0.5, 0.6) is 0 Å². The quantitative estimate of drug-likeness (QED) is 0.708. The maximum absolute atomic E-state index is 14.6. The number of aliphatic imine (C=N–C) groups is 1. The summed E-state index contributed by atoms with van der Waals surface area (Å²) in [5, 5.41) is 3.29. The molecular formula is C23H20F2N4O. The molecule has 0 spiro atoms. The molecule has 3 heterocycles. The molecule has 1 aromatic heterocycles. The fourth-order valence-corrected chi connectivity index (χ4v) is 3.93. The summed E-state index contributed by atoms with van der Waals surface area (Å²) in [6.45, 7) is 2.55. The van der Waals surface area contributed by atoms with Gasteiger partial charge < -0.3 is 15.0 Å². The van der Waals surface area contributed by atoms with Gasteiger partial charge in [0.15, 0.2) is 0 Å². The second-order valence-electron chi connectivity index (χ2n) is 7.23. The van der Waals surface area contributed by atoms with E-state index in [4.69, 9.17) is 4.74 Å². The number of morpholine rings is 1. The van der Waals surface area contributed by atoms with Crippen molar-refractivity contribution in [1.29, 1.82) is 0 Å². The van der Waals surface area contributed by atoms with Crippen LogP contribution in [0.1, 0.15) is 17.4 Å². The van der Waals surface area contributed by atoms with Crippen molar-refractivity contribution in [2.45, 2.75) is 6.10 Å². The molecule has 2 aliphatic rings. The summed E-state index contributed by atoms with van der Waals surface area (Å²) >= 11 is 0. The van der Waals surface area contributed by atoms with Crippen molar-refractivity contribution in [2.24, 2.45) is 4.99 Å². The van der Waals surface area contributed by atoms with Gasteiger partial charge in [-0.2, -0.15) is 0 Å². The van der Waals surface area contributed by atoms with E-state index in [-0.39, 0.29) is 11.7 Å². The number of anilines is 2. The van der Waals surface area contributed by atoms with Crippen LogP contribution in [-0.2, 0) is 4.74 Å². The van der Waals surface area contributed by atoms with Gasteiger partial charge in [-0.1, -0.05) is 24.3 Å². The summed E-state index contributed by atoms with van der Waals surface area (Å²) in [6.07, 6.45) is 3.41. The van der Waals surface area contributed by atoms with Crippen molar-refractivity contribution < 1.29 is 13.5 Å². The zero-order valence-electron chi connectivity index (χ0n) is 16.2. The molecule has 2 aliphatic heterocycles. The Bertz CT molecular complexity index is 1070. The number of rotatable bonds is 3.